The number of aliphatic carboxylic acids is 1. The number of carboxylic acid groups (broad SMARTS) is 1. The molecule has 1 aliphatic rings. The van der Waals surface area contributed by atoms with Crippen molar-refractivity contribution in [1.29, 1.82) is 0 Å². The minimum atomic E-state index is -0.890. The first-order chi connectivity index (χ1) is 9.18. The van der Waals surface area contributed by atoms with Crippen LogP contribution in [-0.2, 0) is 15.3 Å². The van der Waals surface area contributed by atoms with Crippen molar-refractivity contribution >= 4 is 23.6 Å². The predicted octanol–water partition coefficient (Wildman–Crippen LogP) is 2.00. The molecule has 2 rings (SSSR count). The van der Waals surface area contributed by atoms with Gasteiger partial charge in [0.25, 0.3) is 0 Å². The van der Waals surface area contributed by atoms with Crippen LogP contribution < -0.4 is 0 Å². The Kier molecular flexibility index (Phi) is 4.85. The average molecular weight is 279 g/mol. The molecule has 1 amide bonds. The van der Waals surface area contributed by atoms with Gasteiger partial charge in [-0.05, 0) is 18.4 Å². The zero-order valence-corrected chi connectivity index (χ0v) is 11.4. The van der Waals surface area contributed by atoms with Gasteiger partial charge in [-0.15, -0.1) is 11.8 Å². The van der Waals surface area contributed by atoms with Gasteiger partial charge >= 0.3 is 5.97 Å². The highest BCUT2D eigenvalue weighted by Crippen LogP contribution is 2.20. The van der Waals surface area contributed by atoms with E-state index in [2.05, 4.69) is 0 Å². The third-order valence-corrected chi connectivity index (χ3v) is 4.18. The van der Waals surface area contributed by atoms with Gasteiger partial charge in [-0.1, -0.05) is 30.3 Å². The number of likely N-dealkylation sites (tertiary alicyclic amines) is 1. The number of nitrogens with zero attached hydrogens (tertiary/aromatic N) is 1. The van der Waals surface area contributed by atoms with Crippen molar-refractivity contribution in [2.45, 2.75) is 24.6 Å². The molecule has 1 heterocycles. The van der Waals surface area contributed by atoms with E-state index < -0.39 is 12.0 Å². The molecule has 0 aromatic heterocycles. The number of rotatable bonds is 5. The molecule has 0 unspecified atom stereocenters. The quantitative estimate of drug-likeness (QED) is 0.895. The lowest BCUT2D eigenvalue weighted by molar-refractivity contribution is -0.147. The number of carboxylic acids is 1. The first-order valence-electron chi connectivity index (χ1n) is 6.32. The number of amides is 1. The fourth-order valence-electron chi connectivity index (χ4n) is 2.24. The predicted molar refractivity (Wildman–Crippen MR) is 75.0 cm³/mol. The number of hydrogen-bond donors (Lipinski definition) is 1. The van der Waals surface area contributed by atoms with Crippen LogP contribution in [0, 0.1) is 0 Å². The average Bonchev–Trinajstić information content (AvgIpc) is 2.89. The first kappa shape index (κ1) is 13.9. The Morgan fingerprint density at radius 2 is 2.05 bits per heavy atom. The van der Waals surface area contributed by atoms with Crippen LogP contribution in [0.25, 0.3) is 0 Å². The van der Waals surface area contributed by atoms with Crippen LogP contribution in [-0.4, -0.2) is 40.2 Å². The summed E-state index contributed by atoms with van der Waals surface area (Å²) in [5.41, 5.74) is 1.18. The Bertz CT molecular complexity index is 449. The van der Waals surface area contributed by atoms with E-state index in [-0.39, 0.29) is 5.91 Å². The minimum absolute atomic E-state index is 0.0640. The van der Waals surface area contributed by atoms with Crippen LogP contribution in [0.2, 0.25) is 0 Å². The molecule has 0 radical (unpaired) electrons. The van der Waals surface area contributed by atoms with Gasteiger partial charge < -0.3 is 10.0 Å². The van der Waals surface area contributed by atoms with E-state index in [0.717, 1.165) is 12.2 Å². The standard InChI is InChI=1S/C14H17NO3S/c16-13(15-8-4-7-12(15)14(17)18)10-19-9-11-5-2-1-3-6-11/h1-3,5-6,12H,4,7-10H2,(H,17,18)/t12-/m0/s1. The fourth-order valence-corrected chi connectivity index (χ4v) is 3.11. The smallest absolute Gasteiger partial charge is 0.326 e. The molecule has 1 aliphatic heterocycles. The lowest BCUT2D eigenvalue weighted by Crippen LogP contribution is -2.41. The van der Waals surface area contributed by atoms with Gasteiger partial charge in [-0.3, -0.25) is 4.79 Å². The van der Waals surface area contributed by atoms with Crippen molar-refractivity contribution in [2.24, 2.45) is 0 Å². The van der Waals surface area contributed by atoms with Gasteiger partial charge in [0.05, 0.1) is 5.75 Å². The monoisotopic (exact) mass is 279 g/mol. The molecular weight excluding hydrogens is 262 g/mol. The second kappa shape index (κ2) is 6.61. The van der Waals surface area contributed by atoms with Gasteiger partial charge in [0.1, 0.15) is 6.04 Å². The summed E-state index contributed by atoms with van der Waals surface area (Å²) in [5.74, 6) is 0.168. The third kappa shape index (κ3) is 3.73. The molecule has 1 aromatic carbocycles. The van der Waals surface area contributed by atoms with Crippen LogP contribution in [0.15, 0.2) is 30.3 Å². The number of carbonyl (C=O) groups excluding carboxylic acids is 1. The van der Waals surface area contributed by atoms with Gasteiger partial charge in [0.15, 0.2) is 0 Å². The van der Waals surface area contributed by atoms with Crippen LogP contribution >= 0.6 is 11.8 Å². The number of benzene rings is 1. The summed E-state index contributed by atoms with van der Waals surface area (Å²) in [6.07, 6.45) is 1.36. The normalized spacial score (nSPS) is 18.5. The Morgan fingerprint density at radius 3 is 2.74 bits per heavy atom. The Balaban J connectivity index is 1.80. The van der Waals surface area contributed by atoms with Crippen molar-refractivity contribution in [3.8, 4) is 0 Å². The Morgan fingerprint density at radius 1 is 1.32 bits per heavy atom. The van der Waals surface area contributed by atoms with Crippen molar-refractivity contribution in [3.05, 3.63) is 35.9 Å². The molecule has 0 saturated carbocycles. The lowest BCUT2D eigenvalue weighted by Gasteiger charge is -2.21. The van der Waals surface area contributed by atoms with E-state index in [9.17, 15) is 9.59 Å². The van der Waals surface area contributed by atoms with Crippen LogP contribution in [0.5, 0.6) is 0 Å². The molecule has 1 fully saturated rings. The topological polar surface area (TPSA) is 57.6 Å². The molecule has 1 atom stereocenters. The third-order valence-electron chi connectivity index (χ3n) is 3.20. The fraction of sp³-hybridized carbons (Fsp3) is 0.429. The van der Waals surface area contributed by atoms with Crippen molar-refractivity contribution in [1.82, 2.24) is 4.90 Å². The van der Waals surface area contributed by atoms with Crippen molar-refractivity contribution in [2.75, 3.05) is 12.3 Å². The van der Waals surface area contributed by atoms with Crippen molar-refractivity contribution < 1.29 is 14.7 Å². The molecule has 0 bridgehead atoms. The first-order valence-corrected chi connectivity index (χ1v) is 7.48. The molecule has 1 aromatic rings. The summed E-state index contributed by atoms with van der Waals surface area (Å²) in [6.45, 7) is 0.571. The highest BCUT2D eigenvalue weighted by Gasteiger charge is 2.33. The summed E-state index contributed by atoms with van der Waals surface area (Å²) in [4.78, 5) is 24.5. The number of carbonyl (C=O) groups is 2. The Hall–Kier alpha value is -1.49. The summed E-state index contributed by atoms with van der Waals surface area (Å²) in [6, 6.07) is 9.32. The summed E-state index contributed by atoms with van der Waals surface area (Å²) < 4.78 is 0. The molecule has 1 N–H and O–H groups in total. The summed E-state index contributed by atoms with van der Waals surface area (Å²) >= 11 is 1.53. The molecule has 1 saturated heterocycles. The van der Waals surface area contributed by atoms with Crippen LogP contribution in [0.4, 0.5) is 0 Å². The van der Waals surface area contributed by atoms with E-state index in [1.54, 1.807) is 0 Å². The van der Waals surface area contributed by atoms with E-state index >= 15 is 0 Å². The minimum Gasteiger partial charge on any atom is -0.480 e. The molecule has 0 aliphatic carbocycles. The molecule has 102 valence electrons. The number of hydrogen-bond acceptors (Lipinski definition) is 3. The van der Waals surface area contributed by atoms with E-state index in [0.29, 0.717) is 18.7 Å². The summed E-state index contributed by atoms with van der Waals surface area (Å²) in [7, 11) is 0. The van der Waals surface area contributed by atoms with Crippen molar-refractivity contribution in [3.63, 3.8) is 0 Å². The zero-order chi connectivity index (χ0) is 13.7. The second-order valence-corrected chi connectivity index (χ2v) is 5.55. The summed E-state index contributed by atoms with van der Waals surface area (Å²) in [5, 5.41) is 9.04. The van der Waals surface area contributed by atoms with Gasteiger partial charge in [-0.25, -0.2) is 4.79 Å². The van der Waals surface area contributed by atoms with Crippen LogP contribution in [0.1, 0.15) is 18.4 Å². The maximum absolute atomic E-state index is 12.0. The van der Waals surface area contributed by atoms with Gasteiger partial charge in [-0.2, -0.15) is 0 Å². The van der Waals surface area contributed by atoms with E-state index in [4.69, 9.17) is 5.11 Å². The van der Waals surface area contributed by atoms with Gasteiger partial charge in [0.2, 0.25) is 5.91 Å². The molecular formula is C14H17NO3S. The number of thioether (sulfide) groups is 1. The second-order valence-electron chi connectivity index (χ2n) is 4.56. The largest absolute Gasteiger partial charge is 0.480 e. The van der Waals surface area contributed by atoms with Gasteiger partial charge in [0, 0.05) is 12.3 Å². The van der Waals surface area contributed by atoms with E-state index in [1.807, 2.05) is 30.3 Å². The molecule has 0 spiro atoms. The molecule has 19 heavy (non-hydrogen) atoms. The maximum Gasteiger partial charge on any atom is 0.326 e. The molecule has 5 heteroatoms. The maximum atomic E-state index is 12.0. The molecule has 4 nitrogen and oxygen atoms in total. The van der Waals surface area contributed by atoms with E-state index in [1.165, 1.54) is 22.2 Å². The highest BCUT2D eigenvalue weighted by atomic mass is 32.2. The highest BCUT2D eigenvalue weighted by molar-refractivity contribution is 7.99. The van der Waals surface area contributed by atoms with Crippen LogP contribution in [0.3, 0.4) is 0 Å². The SMILES string of the molecule is O=C(O)[C@@H]1CCCN1C(=O)CSCc1ccccc1. The zero-order valence-electron chi connectivity index (χ0n) is 10.6. The Labute approximate surface area is 116 Å². The lowest BCUT2D eigenvalue weighted by atomic mass is 10.2.